The molecule has 17 heavy (non-hydrogen) atoms. The minimum absolute atomic E-state index is 0.236. The predicted octanol–water partition coefficient (Wildman–Crippen LogP) is 1.44. The molecule has 1 fully saturated rings. The van der Waals surface area contributed by atoms with Gasteiger partial charge in [-0.2, -0.15) is 0 Å². The highest BCUT2D eigenvalue weighted by Gasteiger charge is 2.42. The van der Waals surface area contributed by atoms with Gasteiger partial charge in [0.2, 0.25) is 0 Å². The van der Waals surface area contributed by atoms with Gasteiger partial charge in [-0.3, -0.25) is 4.90 Å². The Labute approximate surface area is 105 Å². The van der Waals surface area contributed by atoms with Crippen LogP contribution in [0.25, 0.3) is 0 Å². The van der Waals surface area contributed by atoms with E-state index in [1.807, 2.05) is 0 Å². The third-order valence-electron chi connectivity index (χ3n) is 4.19. The van der Waals surface area contributed by atoms with Crippen molar-refractivity contribution in [2.24, 2.45) is 11.1 Å². The molecule has 0 radical (unpaired) electrons. The molecule has 1 unspecified atom stereocenters. The average Bonchev–Trinajstić information content (AvgIpc) is 2.30. The molecular weight excluding hydrogens is 216 g/mol. The van der Waals surface area contributed by atoms with E-state index in [-0.39, 0.29) is 11.8 Å². The SMILES string of the molecule is COC(OC)C(C)(CN)N1CCC(C)(C)CC1. The van der Waals surface area contributed by atoms with E-state index in [2.05, 4.69) is 25.7 Å². The van der Waals surface area contributed by atoms with Crippen LogP contribution in [0.4, 0.5) is 0 Å². The molecule has 0 aromatic carbocycles. The van der Waals surface area contributed by atoms with Crippen LogP contribution in [0.3, 0.4) is 0 Å². The molecule has 2 N–H and O–H groups in total. The predicted molar refractivity (Wildman–Crippen MR) is 69.9 cm³/mol. The minimum Gasteiger partial charge on any atom is -0.354 e. The Bertz CT molecular complexity index is 232. The van der Waals surface area contributed by atoms with E-state index in [1.54, 1.807) is 14.2 Å². The van der Waals surface area contributed by atoms with Crippen molar-refractivity contribution in [3.8, 4) is 0 Å². The molecule has 1 heterocycles. The Hall–Kier alpha value is -0.160. The van der Waals surface area contributed by atoms with Crippen LogP contribution in [-0.2, 0) is 9.47 Å². The molecule has 1 atom stereocenters. The summed E-state index contributed by atoms with van der Waals surface area (Å²) in [5.74, 6) is 0. The fraction of sp³-hybridized carbons (Fsp3) is 1.00. The summed E-state index contributed by atoms with van der Waals surface area (Å²) in [5, 5.41) is 0. The lowest BCUT2D eigenvalue weighted by atomic mass is 9.81. The maximum atomic E-state index is 5.96. The maximum absolute atomic E-state index is 5.96. The van der Waals surface area contributed by atoms with Gasteiger partial charge in [0.1, 0.15) is 0 Å². The monoisotopic (exact) mass is 244 g/mol. The number of methoxy groups -OCH3 is 2. The highest BCUT2D eigenvalue weighted by molar-refractivity contribution is 4.94. The first kappa shape index (κ1) is 14.9. The Morgan fingerprint density at radius 1 is 1.24 bits per heavy atom. The molecule has 0 aromatic rings. The van der Waals surface area contributed by atoms with Gasteiger partial charge in [-0.25, -0.2) is 0 Å². The Morgan fingerprint density at radius 3 is 2.06 bits per heavy atom. The van der Waals surface area contributed by atoms with Gasteiger partial charge in [0.15, 0.2) is 6.29 Å². The van der Waals surface area contributed by atoms with Crippen molar-refractivity contribution in [2.75, 3.05) is 33.9 Å². The number of likely N-dealkylation sites (tertiary alicyclic amines) is 1. The quantitative estimate of drug-likeness (QED) is 0.744. The van der Waals surface area contributed by atoms with Crippen LogP contribution in [0, 0.1) is 5.41 Å². The number of ether oxygens (including phenoxy) is 2. The lowest BCUT2D eigenvalue weighted by Gasteiger charge is -2.48. The lowest BCUT2D eigenvalue weighted by molar-refractivity contribution is -0.186. The molecular formula is C13H28N2O2. The summed E-state index contributed by atoms with van der Waals surface area (Å²) in [6.07, 6.45) is 2.12. The second-order valence-electron chi connectivity index (χ2n) is 6.02. The van der Waals surface area contributed by atoms with Crippen molar-refractivity contribution in [2.45, 2.75) is 45.4 Å². The maximum Gasteiger partial charge on any atom is 0.176 e. The molecule has 0 amide bonds. The number of hydrogen-bond acceptors (Lipinski definition) is 4. The van der Waals surface area contributed by atoms with Crippen LogP contribution >= 0.6 is 0 Å². The largest absolute Gasteiger partial charge is 0.354 e. The zero-order valence-corrected chi connectivity index (χ0v) is 12.0. The highest BCUT2D eigenvalue weighted by atomic mass is 16.7. The molecule has 1 aliphatic heterocycles. The van der Waals surface area contributed by atoms with Crippen molar-refractivity contribution in [1.82, 2.24) is 4.90 Å². The van der Waals surface area contributed by atoms with Gasteiger partial charge >= 0.3 is 0 Å². The molecule has 0 bridgehead atoms. The normalized spacial score (nSPS) is 24.9. The first-order valence-electron chi connectivity index (χ1n) is 6.40. The van der Waals surface area contributed by atoms with Crippen LogP contribution in [0.15, 0.2) is 0 Å². The first-order valence-corrected chi connectivity index (χ1v) is 6.40. The van der Waals surface area contributed by atoms with E-state index in [9.17, 15) is 0 Å². The standard InChI is InChI=1S/C13H28N2O2/c1-12(2)6-8-15(9-7-12)13(3,10-14)11(16-4)17-5/h11H,6-10,14H2,1-5H3. The van der Waals surface area contributed by atoms with Crippen molar-refractivity contribution in [3.63, 3.8) is 0 Å². The van der Waals surface area contributed by atoms with E-state index in [1.165, 1.54) is 12.8 Å². The van der Waals surface area contributed by atoms with Crippen molar-refractivity contribution in [3.05, 3.63) is 0 Å². The second kappa shape index (κ2) is 5.65. The van der Waals surface area contributed by atoms with Crippen molar-refractivity contribution < 1.29 is 9.47 Å². The fourth-order valence-electron chi connectivity index (χ4n) is 2.60. The van der Waals surface area contributed by atoms with Crippen LogP contribution < -0.4 is 5.73 Å². The molecule has 1 aliphatic rings. The first-order chi connectivity index (χ1) is 7.89. The number of hydrogen-bond donors (Lipinski definition) is 1. The molecule has 0 aliphatic carbocycles. The van der Waals surface area contributed by atoms with E-state index in [0.29, 0.717) is 12.0 Å². The zero-order chi connectivity index (χ0) is 13.1. The van der Waals surface area contributed by atoms with Crippen LogP contribution in [0.5, 0.6) is 0 Å². The number of nitrogens with two attached hydrogens (primary N) is 1. The Balaban J connectivity index is 2.74. The minimum atomic E-state index is -0.270. The van der Waals surface area contributed by atoms with E-state index < -0.39 is 0 Å². The Kier molecular flexibility index (Phi) is 4.95. The molecule has 0 saturated carbocycles. The molecule has 102 valence electrons. The van der Waals surface area contributed by atoms with Crippen molar-refractivity contribution in [1.29, 1.82) is 0 Å². The molecule has 0 aromatic heterocycles. The number of piperidine rings is 1. The van der Waals surface area contributed by atoms with Gasteiger partial charge in [0.25, 0.3) is 0 Å². The summed E-state index contributed by atoms with van der Waals surface area (Å²) in [6.45, 7) is 9.44. The summed E-state index contributed by atoms with van der Waals surface area (Å²) >= 11 is 0. The number of rotatable bonds is 5. The third-order valence-corrected chi connectivity index (χ3v) is 4.19. The van der Waals surface area contributed by atoms with Gasteiger partial charge in [-0.1, -0.05) is 13.8 Å². The van der Waals surface area contributed by atoms with Gasteiger partial charge in [-0.05, 0) is 38.3 Å². The lowest BCUT2D eigenvalue weighted by Crippen LogP contribution is -2.62. The smallest absolute Gasteiger partial charge is 0.176 e. The summed E-state index contributed by atoms with van der Waals surface area (Å²) in [6, 6.07) is 0. The summed E-state index contributed by atoms with van der Waals surface area (Å²) < 4.78 is 10.8. The third kappa shape index (κ3) is 3.19. The molecule has 4 nitrogen and oxygen atoms in total. The topological polar surface area (TPSA) is 47.7 Å². The van der Waals surface area contributed by atoms with E-state index >= 15 is 0 Å². The second-order valence-corrected chi connectivity index (χ2v) is 6.02. The van der Waals surface area contributed by atoms with E-state index in [4.69, 9.17) is 15.2 Å². The fourth-order valence-corrected chi connectivity index (χ4v) is 2.60. The van der Waals surface area contributed by atoms with Gasteiger partial charge < -0.3 is 15.2 Å². The summed E-state index contributed by atoms with van der Waals surface area (Å²) in [4.78, 5) is 2.41. The Morgan fingerprint density at radius 2 is 1.71 bits per heavy atom. The van der Waals surface area contributed by atoms with Crippen LogP contribution in [0.2, 0.25) is 0 Å². The van der Waals surface area contributed by atoms with E-state index in [0.717, 1.165) is 13.1 Å². The molecule has 0 spiro atoms. The van der Waals surface area contributed by atoms with Gasteiger partial charge in [0.05, 0.1) is 5.54 Å². The average molecular weight is 244 g/mol. The van der Waals surface area contributed by atoms with Crippen LogP contribution in [-0.4, -0.2) is 50.6 Å². The highest BCUT2D eigenvalue weighted by Crippen LogP contribution is 2.34. The molecule has 1 rings (SSSR count). The van der Waals surface area contributed by atoms with Gasteiger partial charge in [0, 0.05) is 20.8 Å². The van der Waals surface area contributed by atoms with Crippen LogP contribution in [0.1, 0.15) is 33.6 Å². The molecule has 4 heteroatoms. The summed E-state index contributed by atoms with van der Waals surface area (Å²) in [5.41, 5.74) is 6.17. The summed E-state index contributed by atoms with van der Waals surface area (Å²) in [7, 11) is 3.35. The van der Waals surface area contributed by atoms with Gasteiger partial charge in [-0.15, -0.1) is 0 Å². The molecule has 1 saturated heterocycles. The van der Waals surface area contributed by atoms with Crippen molar-refractivity contribution >= 4 is 0 Å². The number of nitrogens with zero attached hydrogens (tertiary/aromatic N) is 1. The zero-order valence-electron chi connectivity index (χ0n) is 12.0.